The molecule has 2 aromatic rings. The Morgan fingerprint density at radius 1 is 1.12 bits per heavy atom. The van der Waals surface area contributed by atoms with Crippen LogP contribution in [0.4, 0.5) is 4.79 Å². The van der Waals surface area contributed by atoms with Crippen LogP contribution in [0, 0.1) is 0 Å². The molecule has 11 heteroatoms. The van der Waals surface area contributed by atoms with Crippen LogP contribution in [0.5, 0.6) is 0 Å². The van der Waals surface area contributed by atoms with E-state index in [1.807, 2.05) is 19.9 Å². The molecule has 1 aliphatic rings. The molecule has 1 aromatic heterocycles. The molecule has 0 aliphatic carbocycles. The number of urea groups is 1. The number of hydrogen-bond donors (Lipinski definition) is 1. The normalized spacial score (nSPS) is 14.7. The summed E-state index contributed by atoms with van der Waals surface area (Å²) in [7, 11) is -3.55. The molecule has 9 nitrogen and oxygen atoms in total. The van der Waals surface area contributed by atoms with Crippen LogP contribution in [0.1, 0.15) is 40.0 Å². The Morgan fingerprint density at radius 3 is 2.50 bits per heavy atom. The number of aromatic nitrogens is 2. The van der Waals surface area contributed by atoms with Crippen molar-refractivity contribution in [1.29, 1.82) is 0 Å². The van der Waals surface area contributed by atoms with Gasteiger partial charge in [-0.15, -0.1) is 0 Å². The number of thioether (sulfide) groups is 1. The number of benzene rings is 1. The molecule has 0 bridgehead atoms. The first kappa shape index (κ1) is 24.5. The number of fused-ring (bicyclic) bond motifs is 1. The number of nitrogens with one attached hydrogen (secondary N) is 1. The highest BCUT2D eigenvalue weighted by Crippen LogP contribution is 2.28. The summed E-state index contributed by atoms with van der Waals surface area (Å²) in [6.07, 6.45) is 2.67. The van der Waals surface area contributed by atoms with Crippen molar-refractivity contribution in [1.82, 2.24) is 24.1 Å². The number of carbonyl (C=O) groups excluding carboxylic acids is 2. The average molecular weight is 482 g/mol. The second-order valence-corrected chi connectivity index (χ2v) is 10.5. The number of imide groups is 1. The van der Waals surface area contributed by atoms with Crippen LogP contribution < -0.4 is 5.32 Å². The first-order valence-corrected chi connectivity index (χ1v) is 13.5. The average Bonchev–Trinajstić information content (AvgIpc) is 3.28. The number of carbonyl (C=O) groups is 2. The maximum absolute atomic E-state index is 12.9. The van der Waals surface area contributed by atoms with Gasteiger partial charge in [0.2, 0.25) is 15.9 Å². The first-order chi connectivity index (χ1) is 15.3. The van der Waals surface area contributed by atoms with Crippen molar-refractivity contribution >= 4 is 44.8 Å². The van der Waals surface area contributed by atoms with E-state index in [2.05, 4.69) is 16.8 Å². The van der Waals surface area contributed by atoms with Gasteiger partial charge in [0, 0.05) is 31.9 Å². The lowest BCUT2D eigenvalue weighted by Gasteiger charge is -2.18. The van der Waals surface area contributed by atoms with Gasteiger partial charge in [0.25, 0.3) is 0 Å². The zero-order valence-electron chi connectivity index (χ0n) is 18.8. The largest absolute Gasteiger partial charge is 0.329 e. The molecule has 1 fully saturated rings. The van der Waals surface area contributed by atoms with Gasteiger partial charge >= 0.3 is 6.03 Å². The Bertz CT molecular complexity index is 1060. The number of unbranched alkanes of at least 4 members (excludes halogenated alkanes) is 1. The van der Waals surface area contributed by atoms with Gasteiger partial charge in [-0.1, -0.05) is 39.0 Å². The van der Waals surface area contributed by atoms with Gasteiger partial charge in [-0.3, -0.25) is 9.69 Å². The molecule has 1 aliphatic heterocycles. The van der Waals surface area contributed by atoms with E-state index in [1.54, 1.807) is 23.9 Å². The lowest BCUT2D eigenvalue weighted by Crippen LogP contribution is -2.32. The standard InChI is InChI=1S/C21H31N5O4S2/c1-4-7-11-25-18-10-9-16(32(29,30)24(5-2)6-3)14-17(18)23-21(25)31-13-8-12-26-19(27)15-22-20(26)28/h9-10,14H,4-8,11-13,15H2,1-3H3,(H,22,28). The zero-order valence-corrected chi connectivity index (χ0v) is 20.5. The third-order valence-electron chi connectivity index (χ3n) is 5.46. The highest BCUT2D eigenvalue weighted by Gasteiger charge is 2.27. The van der Waals surface area contributed by atoms with Gasteiger partial charge in [-0.25, -0.2) is 18.2 Å². The maximum atomic E-state index is 12.9. The molecule has 2 heterocycles. The molecule has 3 amide bonds. The molecular weight excluding hydrogens is 450 g/mol. The summed E-state index contributed by atoms with van der Waals surface area (Å²) in [5, 5.41) is 3.35. The molecule has 0 spiro atoms. The SMILES string of the molecule is CCCCn1c(SCCCN2C(=O)CNC2=O)nc2cc(S(=O)(=O)N(CC)CC)ccc21. The highest BCUT2D eigenvalue weighted by molar-refractivity contribution is 7.99. The lowest BCUT2D eigenvalue weighted by atomic mass is 10.3. The number of aryl methyl sites for hydroxylation is 1. The van der Waals surface area contributed by atoms with Crippen LogP contribution in [-0.4, -0.2) is 71.0 Å². The van der Waals surface area contributed by atoms with Crippen molar-refractivity contribution in [3.63, 3.8) is 0 Å². The van der Waals surface area contributed by atoms with Gasteiger partial charge in [0.1, 0.15) is 0 Å². The second-order valence-electron chi connectivity index (χ2n) is 7.55. The minimum absolute atomic E-state index is 0.0670. The molecule has 0 radical (unpaired) electrons. The summed E-state index contributed by atoms with van der Waals surface area (Å²) >= 11 is 1.56. The van der Waals surface area contributed by atoms with Gasteiger partial charge in [0.15, 0.2) is 5.16 Å². The summed E-state index contributed by atoms with van der Waals surface area (Å²) in [4.78, 5) is 29.6. The van der Waals surface area contributed by atoms with E-state index < -0.39 is 10.0 Å². The molecule has 1 N–H and O–H groups in total. The number of sulfonamides is 1. The molecule has 0 saturated carbocycles. The molecule has 176 valence electrons. The summed E-state index contributed by atoms with van der Waals surface area (Å²) < 4.78 is 29.4. The molecule has 0 atom stereocenters. The molecule has 1 saturated heterocycles. The predicted molar refractivity (Wildman–Crippen MR) is 125 cm³/mol. The fraction of sp³-hybridized carbons (Fsp3) is 0.571. The van der Waals surface area contributed by atoms with Crippen molar-refractivity contribution < 1.29 is 18.0 Å². The van der Waals surface area contributed by atoms with E-state index in [1.165, 1.54) is 9.21 Å². The van der Waals surface area contributed by atoms with Crippen LogP contribution in [-0.2, 0) is 21.4 Å². The maximum Gasteiger partial charge on any atom is 0.324 e. The van der Waals surface area contributed by atoms with Crippen molar-refractivity contribution in [3.8, 4) is 0 Å². The van der Waals surface area contributed by atoms with Gasteiger partial charge in [-0.2, -0.15) is 4.31 Å². The Hall–Kier alpha value is -2.11. The van der Waals surface area contributed by atoms with Crippen LogP contribution in [0.3, 0.4) is 0 Å². The van der Waals surface area contributed by atoms with Gasteiger partial charge in [0.05, 0.1) is 22.5 Å². The monoisotopic (exact) mass is 481 g/mol. The number of imidazole rings is 1. The number of rotatable bonds is 12. The van der Waals surface area contributed by atoms with Crippen molar-refractivity contribution in [2.75, 3.05) is 31.9 Å². The Kier molecular flexibility index (Phi) is 8.18. The fourth-order valence-corrected chi connectivity index (χ4v) is 6.11. The van der Waals surface area contributed by atoms with Gasteiger partial charge in [-0.05, 0) is 31.0 Å². The first-order valence-electron chi connectivity index (χ1n) is 11.0. The summed E-state index contributed by atoms with van der Waals surface area (Å²) in [5.41, 5.74) is 1.57. The van der Waals surface area contributed by atoms with Crippen molar-refractivity contribution in [3.05, 3.63) is 18.2 Å². The van der Waals surface area contributed by atoms with Crippen LogP contribution >= 0.6 is 11.8 Å². The zero-order chi connectivity index (χ0) is 23.3. The summed E-state index contributed by atoms with van der Waals surface area (Å²) in [6, 6.07) is 4.82. The van der Waals surface area contributed by atoms with E-state index in [-0.39, 0.29) is 23.4 Å². The minimum Gasteiger partial charge on any atom is -0.329 e. The summed E-state index contributed by atoms with van der Waals surface area (Å²) in [5.74, 6) is 0.494. The number of amides is 3. The summed E-state index contributed by atoms with van der Waals surface area (Å²) in [6.45, 7) is 7.85. The Labute approximate surface area is 193 Å². The predicted octanol–water partition coefficient (Wildman–Crippen LogP) is 2.90. The Morgan fingerprint density at radius 2 is 1.88 bits per heavy atom. The molecule has 3 rings (SSSR count). The quantitative estimate of drug-likeness (QED) is 0.284. The van der Waals surface area contributed by atoms with E-state index in [0.717, 1.165) is 30.1 Å². The topological polar surface area (TPSA) is 105 Å². The second kappa shape index (κ2) is 10.7. The Balaban J connectivity index is 1.80. The van der Waals surface area contributed by atoms with Crippen molar-refractivity contribution in [2.45, 2.75) is 56.6 Å². The van der Waals surface area contributed by atoms with E-state index in [0.29, 0.717) is 37.3 Å². The van der Waals surface area contributed by atoms with Crippen LogP contribution in [0.15, 0.2) is 28.3 Å². The van der Waals surface area contributed by atoms with E-state index in [4.69, 9.17) is 4.98 Å². The van der Waals surface area contributed by atoms with Crippen LogP contribution in [0.25, 0.3) is 11.0 Å². The fourth-order valence-electron chi connectivity index (χ4n) is 3.67. The van der Waals surface area contributed by atoms with Gasteiger partial charge < -0.3 is 9.88 Å². The smallest absolute Gasteiger partial charge is 0.324 e. The molecule has 1 aromatic carbocycles. The highest BCUT2D eigenvalue weighted by atomic mass is 32.2. The van der Waals surface area contributed by atoms with Crippen molar-refractivity contribution in [2.24, 2.45) is 0 Å². The third kappa shape index (κ3) is 5.10. The van der Waals surface area contributed by atoms with Crippen LogP contribution in [0.2, 0.25) is 0 Å². The van der Waals surface area contributed by atoms with E-state index in [9.17, 15) is 18.0 Å². The molecule has 0 unspecified atom stereocenters. The molecule has 32 heavy (non-hydrogen) atoms. The number of nitrogens with zero attached hydrogens (tertiary/aromatic N) is 4. The lowest BCUT2D eigenvalue weighted by molar-refractivity contribution is -0.124. The van der Waals surface area contributed by atoms with E-state index >= 15 is 0 Å². The third-order valence-corrected chi connectivity index (χ3v) is 8.57. The molecular formula is C21H31N5O4S2. The minimum atomic E-state index is -3.55. The number of hydrogen-bond acceptors (Lipinski definition) is 6.